The van der Waals surface area contributed by atoms with Crippen molar-refractivity contribution in [3.05, 3.63) is 242 Å². The molecular weight excluding hydrogens is 1130 g/mol. The van der Waals surface area contributed by atoms with Crippen molar-refractivity contribution in [2.75, 3.05) is 0 Å². The largest absolute Gasteiger partial charge is 0.501 e. The maximum atomic E-state index is 6.83. The van der Waals surface area contributed by atoms with Crippen LogP contribution in [0.5, 0.6) is 0 Å². The molecule has 0 aliphatic rings. The average molecular weight is 1180 g/mol. The molecule has 12 rings (SSSR count). The Morgan fingerprint density at radius 2 is 1.14 bits per heavy atom. The molecule has 1 radical (unpaired) electrons. The Kier molecular flexibility index (Phi) is 14.4. The van der Waals surface area contributed by atoms with E-state index in [1.807, 2.05) is 36.4 Å². The van der Waals surface area contributed by atoms with E-state index in [2.05, 4.69) is 236 Å². The summed E-state index contributed by atoms with van der Waals surface area (Å²) in [6, 6.07) is 83.1. The summed E-state index contributed by atoms with van der Waals surface area (Å²) >= 11 is -1.86. The van der Waals surface area contributed by atoms with Gasteiger partial charge < -0.3 is 8.98 Å². The van der Waals surface area contributed by atoms with Crippen LogP contribution in [0.25, 0.3) is 106 Å². The van der Waals surface area contributed by atoms with Gasteiger partial charge in [0.15, 0.2) is 0 Å². The van der Waals surface area contributed by atoms with Gasteiger partial charge in [0, 0.05) is 36.6 Å². The number of aromatic nitrogens is 3. The quantitative estimate of drug-likeness (QED) is 0.101. The van der Waals surface area contributed by atoms with Crippen LogP contribution in [0.2, 0.25) is 17.3 Å². The number of nitrogens with zero attached hydrogens (tertiary/aromatic N) is 3. The number of hydrogen-bond donors (Lipinski definition) is 0. The van der Waals surface area contributed by atoms with Crippen LogP contribution in [0.3, 0.4) is 0 Å². The summed E-state index contributed by atoms with van der Waals surface area (Å²) in [5.74, 6) is 8.77. The number of furan rings is 1. The van der Waals surface area contributed by atoms with E-state index in [1.165, 1.54) is 16.7 Å². The second-order valence-corrected chi connectivity index (χ2v) is 30.5. The first-order valence-corrected chi connectivity index (χ1v) is 32.2. The molecule has 0 saturated carbocycles. The molecule has 0 aliphatic heterocycles. The summed E-state index contributed by atoms with van der Waals surface area (Å²) in [6.45, 7) is 4.57. The van der Waals surface area contributed by atoms with Gasteiger partial charge in [-0.25, -0.2) is 0 Å². The predicted molar refractivity (Wildman–Crippen MR) is 304 cm³/mol. The molecule has 359 valence electrons. The van der Waals surface area contributed by atoms with Gasteiger partial charge in [0.05, 0.1) is 28.1 Å². The fraction of sp³-hybridized carbons (Fsp3) is 0.104. The van der Waals surface area contributed by atoms with Crippen LogP contribution in [-0.2, 0) is 26.5 Å². The van der Waals surface area contributed by atoms with Gasteiger partial charge in [-0.2, -0.15) is 0 Å². The molecule has 0 fully saturated rings. The number of imidazole rings is 1. The van der Waals surface area contributed by atoms with E-state index in [-0.39, 0.29) is 20.1 Å². The molecule has 12 aromatic rings. The Bertz CT molecular complexity index is 3770. The van der Waals surface area contributed by atoms with Crippen molar-refractivity contribution in [3.63, 3.8) is 0 Å². The number of hydrogen-bond acceptors (Lipinski definition) is 3. The molecule has 0 saturated heterocycles. The molecule has 4 nitrogen and oxygen atoms in total. The maximum Gasteiger partial charge on any atom is 0.121 e. The fourth-order valence-corrected chi connectivity index (χ4v) is 13.3. The molecule has 73 heavy (non-hydrogen) atoms. The first-order chi connectivity index (χ1) is 35.2. The van der Waals surface area contributed by atoms with E-state index in [9.17, 15) is 0 Å². The first-order valence-electron chi connectivity index (χ1n) is 24.9. The summed E-state index contributed by atoms with van der Waals surface area (Å²) < 4.78 is 10.7. The third-order valence-electron chi connectivity index (χ3n) is 13.4. The molecule has 0 N–H and O–H groups in total. The number of para-hydroxylation sites is 3. The summed E-state index contributed by atoms with van der Waals surface area (Å²) in [4.78, 5) is 10.0. The molecule has 0 aliphatic carbocycles. The normalized spacial score (nSPS) is 11.4. The molecule has 3 aromatic heterocycles. The molecule has 3 heterocycles. The van der Waals surface area contributed by atoms with Crippen molar-refractivity contribution in [2.45, 2.75) is 37.5 Å². The van der Waals surface area contributed by atoms with Gasteiger partial charge >= 0.3 is 126 Å². The van der Waals surface area contributed by atoms with Crippen LogP contribution in [0.15, 0.2) is 229 Å². The third-order valence-corrected chi connectivity index (χ3v) is 17.7. The Balaban J connectivity index is 0.000000246. The van der Waals surface area contributed by atoms with Crippen molar-refractivity contribution in [2.24, 2.45) is 5.92 Å². The second-order valence-electron chi connectivity index (χ2n) is 19.9. The average Bonchev–Trinajstić information content (AvgIpc) is 4.00. The Labute approximate surface area is 445 Å². The van der Waals surface area contributed by atoms with Gasteiger partial charge in [-0.15, -0.1) is 18.2 Å². The van der Waals surface area contributed by atoms with Crippen molar-refractivity contribution < 1.29 is 24.5 Å². The molecule has 6 heteroatoms. The van der Waals surface area contributed by atoms with Crippen LogP contribution >= 0.6 is 0 Å². The van der Waals surface area contributed by atoms with E-state index < -0.39 is 13.3 Å². The SMILES string of the molecule is CC(C)Cc1cc(-c2[c-]cccc2)nc[c]1[Ge]([CH3])([CH3])[CH3].[Ir].[c-]1ccc2c(oc3cc(-c4ccc(-c5ccccc5)cc4)ccc32)c1-c1nc2ccccc2n1-c1c(-c2ccccc2)cccc1-c1ccccc1. The van der Waals surface area contributed by atoms with Crippen LogP contribution in [0, 0.1) is 18.1 Å². The van der Waals surface area contributed by atoms with Gasteiger partial charge in [-0.05, 0) is 51.6 Å². The van der Waals surface area contributed by atoms with Gasteiger partial charge in [-0.1, -0.05) is 169 Å². The summed E-state index contributed by atoms with van der Waals surface area (Å²) in [7, 11) is 0. The monoisotopic (exact) mass is 1180 g/mol. The third kappa shape index (κ3) is 10.2. The van der Waals surface area contributed by atoms with Crippen molar-refractivity contribution in [1.29, 1.82) is 0 Å². The number of fused-ring (bicyclic) bond motifs is 4. The Hall–Kier alpha value is -7.41. The molecule has 0 unspecified atom stereocenters. The summed E-state index contributed by atoms with van der Waals surface area (Å²) in [5, 5.41) is 2.10. The summed E-state index contributed by atoms with van der Waals surface area (Å²) in [6.07, 6.45) is 3.27. The Morgan fingerprint density at radius 1 is 0.548 bits per heavy atom. The molecular formula is C67H55GeIrN3O-2. The van der Waals surface area contributed by atoms with E-state index >= 15 is 0 Å². The number of rotatable bonds is 10. The van der Waals surface area contributed by atoms with Crippen molar-refractivity contribution in [1.82, 2.24) is 14.5 Å². The van der Waals surface area contributed by atoms with Crippen molar-refractivity contribution >= 4 is 50.6 Å². The fourth-order valence-electron chi connectivity index (χ4n) is 9.96. The standard InChI is InChI=1S/C49H31N2O.C18H24GeN.Ir/c1-4-14-33(15-5-1)34-26-28-35(29-27-34)38-30-31-41-42-22-13-23-43(48(42)52-46(41)32-38)49-50-44-24-10-11-25-45(44)51(49)47-39(36-16-6-2-7-17-36)20-12-21-40(47)37-18-8-3-9-19-37;1-14(2)11-16-12-18(15-9-7-6-8-10-15)20-13-17(16)19(3,4)5;/h1-22,24-32H;6-9,12-14H,11H2,1-5H3;/q2*-1;. The smallest absolute Gasteiger partial charge is 0.121 e. The van der Waals surface area contributed by atoms with Gasteiger partial charge in [0.1, 0.15) is 5.58 Å². The molecule has 0 amide bonds. The topological polar surface area (TPSA) is 43.9 Å². The van der Waals surface area contributed by atoms with E-state index in [1.54, 1.807) is 4.40 Å². The predicted octanol–water partition coefficient (Wildman–Crippen LogP) is 17.4. The van der Waals surface area contributed by atoms with E-state index in [4.69, 9.17) is 14.4 Å². The zero-order valence-electron chi connectivity index (χ0n) is 41.7. The zero-order valence-corrected chi connectivity index (χ0v) is 46.2. The molecule has 9 aromatic carbocycles. The van der Waals surface area contributed by atoms with Gasteiger partial charge in [-0.3, -0.25) is 4.98 Å². The molecule has 0 spiro atoms. The van der Waals surface area contributed by atoms with Crippen LogP contribution in [0.1, 0.15) is 19.4 Å². The Morgan fingerprint density at radius 3 is 1.77 bits per heavy atom. The van der Waals surface area contributed by atoms with Crippen LogP contribution < -0.4 is 4.40 Å². The number of benzene rings is 9. The first kappa shape index (κ1) is 49.2. The minimum absolute atomic E-state index is 0. The molecule has 0 atom stereocenters. The van der Waals surface area contributed by atoms with Crippen molar-refractivity contribution in [3.8, 4) is 72.8 Å². The zero-order chi connectivity index (χ0) is 49.2. The number of pyridine rings is 1. The van der Waals surface area contributed by atoms with Crippen LogP contribution in [0.4, 0.5) is 0 Å². The maximum absolute atomic E-state index is 6.83. The minimum atomic E-state index is -1.86. The second kappa shape index (κ2) is 21.4. The van der Waals surface area contributed by atoms with Crippen LogP contribution in [-0.4, -0.2) is 27.8 Å². The molecule has 0 bridgehead atoms. The summed E-state index contributed by atoms with van der Waals surface area (Å²) in [5.41, 5.74) is 18.2. The van der Waals surface area contributed by atoms with Gasteiger partial charge in [0.2, 0.25) is 0 Å². The van der Waals surface area contributed by atoms with Gasteiger partial charge in [0.25, 0.3) is 0 Å². The van der Waals surface area contributed by atoms with E-state index in [0.717, 1.165) is 101 Å². The van der Waals surface area contributed by atoms with E-state index in [0.29, 0.717) is 5.92 Å². The minimum Gasteiger partial charge on any atom is -0.501 e.